The van der Waals surface area contributed by atoms with Crippen LogP contribution < -0.4 is 9.57 Å². The third-order valence-corrected chi connectivity index (χ3v) is 4.02. The number of hydrogen-bond acceptors (Lipinski definition) is 5. The van der Waals surface area contributed by atoms with Gasteiger partial charge < -0.3 is 9.47 Å². The van der Waals surface area contributed by atoms with Crippen LogP contribution in [0, 0.1) is 0 Å². The first-order chi connectivity index (χ1) is 9.76. The molecule has 0 aromatic heterocycles. The Morgan fingerprint density at radius 2 is 1.71 bits per heavy atom. The summed E-state index contributed by atoms with van der Waals surface area (Å²) in [5, 5.41) is 1.47. The topological polar surface area (TPSA) is 67.9 Å². The summed E-state index contributed by atoms with van der Waals surface area (Å²) in [5.74, 6) is -0.479. The maximum Gasteiger partial charge on any atom is 0.573 e. The Morgan fingerprint density at radius 3 is 2.24 bits per heavy atom. The van der Waals surface area contributed by atoms with E-state index in [-0.39, 0.29) is 4.90 Å². The van der Waals surface area contributed by atoms with Crippen molar-refractivity contribution in [2.45, 2.75) is 11.3 Å². The van der Waals surface area contributed by atoms with Crippen LogP contribution in [0.4, 0.5) is 13.2 Å². The van der Waals surface area contributed by atoms with E-state index in [1.165, 1.54) is 5.01 Å². The number of hydrogen-bond donors (Lipinski definition) is 1. The molecule has 0 aliphatic carbocycles. The van der Waals surface area contributed by atoms with E-state index in [0.717, 1.165) is 24.3 Å². The number of halogens is 3. The Kier molecular flexibility index (Phi) is 4.71. The summed E-state index contributed by atoms with van der Waals surface area (Å²) in [6.45, 7) is 1.60. The van der Waals surface area contributed by atoms with Crippen LogP contribution in [0.3, 0.4) is 0 Å². The summed E-state index contributed by atoms with van der Waals surface area (Å²) in [4.78, 5) is 2.19. The van der Waals surface area contributed by atoms with E-state index < -0.39 is 22.1 Å². The first-order valence-electron chi connectivity index (χ1n) is 5.97. The van der Waals surface area contributed by atoms with Crippen molar-refractivity contribution in [3.63, 3.8) is 0 Å². The summed E-state index contributed by atoms with van der Waals surface area (Å²) in [6.07, 6.45) is -4.81. The number of rotatable bonds is 4. The molecule has 21 heavy (non-hydrogen) atoms. The number of nitrogens with one attached hydrogen (secondary N) is 1. The lowest BCUT2D eigenvalue weighted by Crippen LogP contribution is -2.48. The SMILES string of the molecule is O=S(=O)(NN1CCOCC1)c1ccc(OC(F)(F)F)cc1. The molecule has 10 heteroatoms. The fraction of sp³-hybridized carbons (Fsp3) is 0.455. The zero-order chi connectivity index (χ0) is 15.5. The third kappa shape index (κ3) is 4.84. The van der Waals surface area contributed by atoms with Crippen molar-refractivity contribution < 1.29 is 31.1 Å². The van der Waals surface area contributed by atoms with Gasteiger partial charge in [0.05, 0.1) is 18.1 Å². The minimum absolute atomic E-state index is 0.150. The molecule has 0 atom stereocenters. The third-order valence-electron chi connectivity index (χ3n) is 2.63. The van der Waals surface area contributed by atoms with Gasteiger partial charge in [-0.3, -0.25) is 0 Å². The monoisotopic (exact) mass is 326 g/mol. The predicted molar refractivity (Wildman–Crippen MR) is 65.8 cm³/mol. The van der Waals surface area contributed by atoms with E-state index in [2.05, 4.69) is 9.57 Å². The van der Waals surface area contributed by atoms with E-state index in [1.54, 1.807) is 0 Å². The summed E-state index contributed by atoms with van der Waals surface area (Å²) in [7, 11) is -3.84. The van der Waals surface area contributed by atoms with Crippen LogP contribution in [-0.2, 0) is 14.8 Å². The van der Waals surface area contributed by atoms with Gasteiger partial charge in [-0.25, -0.2) is 13.4 Å². The lowest BCUT2D eigenvalue weighted by atomic mass is 10.3. The fourth-order valence-corrected chi connectivity index (χ4v) is 2.82. The van der Waals surface area contributed by atoms with Gasteiger partial charge in [0, 0.05) is 13.1 Å². The van der Waals surface area contributed by atoms with E-state index >= 15 is 0 Å². The number of alkyl halides is 3. The first-order valence-corrected chi connectivity index (χ1v) is 7.45. The van der Waals surface area contributed by atoms with Crippen LogP contribution in [0.5, 0.6) is 5.75 Å². The highest BCUT2D eigenvalue weighted by Crippen LogP contribution is 2.23. The molecule has 1 aliphatic heterocycles. The van der Waals surface area contributed by atoms with E-state index in [0.29, 0.717) is 26.3 Å². The second-order valence-corrected chi connectivity index (χ2v) is 5.87. The standard InChI is InChI=1S/C11H13F3N2O4S/c12-11(13,14)20-9-1-3-10(4-2-9)21(17,18)15-16-5-7-19-8-6-16/h1-4,15H,5-8H2. The Bertz CT molecular complexity index is 568. The summed E-state index contributed by atoms with van der Waals surface area (Å²) in [5.41, 5.74) is 0. The van der Waals surface area contributed by atoms with Crippen LogP contribution in [0.25, 0.3) is 0 Å². The van der Waals surface area contributed by atoms with Crippen LogP contribution >= 0.6 is 0 Å². The average molecular weight is 326 g/mol. The molecule has 1 aromatic carbocycles. The maximum absolute atomic E-state index is 12.0. The van der Waals surface area contributed by atoms with Gasteiger partial charge in [-0.05, 0) is 24.3 Å². The van der Waals surface area contributed by atoms with Gasteiger partial charge in [0.15, 0.2) is 0 Å². The van der Waals surface area contributed by atoms with E-state index in [9.17, 15) is 21.6 Å². The first kappa shape index (κ1) is 16.0. The number of ether oxygens (including phenoxy) is 2. The van der Waals surface area contributed by atoms with Crippen LogP contribution in [0.2, 0.25) is 0 Å². The quantitative estimate of drug-likeness (QED) is 0.898. The lowest BCUT2D eigenvalue weighted by Gasteiger charge is -2.26. The highest BCUT2D eigenvalue weighted by molar-refractivity contribution is 7.89. The molecule has 1 heterocycles. The second kappa shape index (κ2) is 6.18. The van der Waals surface area contributed by atoms with Crippen molar-refractivity contribution in [3.8, 4) is 5.75 Å². The Hall–Kier alpha value is -1.36. The Labute approximate surface area is 119 Å². The van der Waals surface area contributed by atoms with Gasteiger partial charge in [-0.15, -0.1) is 18.0 Å². The van der Waals surface area contributed by atoms with Crippen LogP contribution in [0.15, 0.2) is 29.2 Å². The zero-order valence-corrected chi connectivity index (χ0v) is 11.6. The molecule has 1 saturated heterocycles. The minimum Gasteiger partial charge on any atom is -0.406 e. The van der Waals surface area contributed by atoms with Gasteiger partial charge in [0.2, 0.25) is 0 Å². The van der Waals surface area contributed by atoms with Crippen molar-refractivity contribution in [1.82, 2.24) is 9.84 Å². The predicted octanol–water partition coefficient (Wildman–Crippen LogP) is 1.11. The van der Waals surface area contributed by atoms with Crippen molar-refractivity contribution in [3.05, 3.63) is 24.3 Å². The van der Waals surface area contributed by atoms with Gasteiger partial charge in [-0.2, -0.15) is 0 Å². The van der Waals surface area contributed by atoms with Crippen molar-refractivity contribution in [1.29, 1.82) is 0 Å². The molecule has 1 aromatic rings. The van der Waals surface area contributed by atoms with Crippen LogP contribution in [0.1, 0.15) is 0 Å². The van der Waals surface area contributed by atoms with Gasteiger partial charge >= 0.3 is 6.36 Å². The molecular formula is C11H13F3N2O4S. The molecular weight excluding hydrogens is 313 g/mol. The molecule has 0 amide bonds. The zero-order valence-electron chi connectivity index (χ0n) is 10.8. The minimum atomic E-state index is -4.81. The Balaban J connectivity index is 2.06. The van der Waals surface area contributed by atoms with Gasteiger partial charge in [-0.1, -0.05) is 0 Å². The molecule has 118 valence electrons. The fourth-order valence-electron chi connectivity index (χ4n) is 1.70. The molecule has 0 bridgehead atoms. The number of benzene rings is 1. The van der Waals surface area contributed by atoms with Gasteiger partial charge in [0.25, 0.3) is 10.0 Å². The molecule has 2 rings (SSSR count). The maximum atomic E-state index is 12.0. The van der Waals surface area contributed by atoms with Crippen LogP contribution in [-0.4, -0.2) is 46.1 Å². The highest BCUT2D eigenvalue weighted by Gasteiger charge is 2.31. The van der Waals surface area contributed by atoms with Crippen molar-refractivity contribution >= 4 is 10.0 Å². The molecule has 0 unspecified atom stereocenters. The number of morpholine rings is 1. The second-order valence-electron chi connectivity index (χ2n) is 4.21. The number of sulfonamides is 1. The average Bonchev–Trinajstić information content (AvgIpc) is 2.38. The molecule has 0 radical (unpaired) electrons. The largest absolute Gasteiger partial charge is 0.573 e. The molecule has 1 fully saturated rings. The molecule has 0 saturated carbocycles. The smallest absolute Gasteiger partial charge is 0.406 e. The highest BCUT2D eigenvalue weighted by atomic mass is 32.2. The van der Waals surface area contributed by atoms with E-state index in [4.69, 9.17) is 4.74 Å². The summed E-state index contributed by atoms with van der Waals surface area (Å²) < 4.78 is 68.9. The van der Waals surface area contributed by atoms with E-state index in [1.807, 2.05) is 0 Å². The molecule has 1 N–H and O–H groups in total. The van der Waals surface area contributed by atoms with Gasteiger partial charge in [0.1, 0.15) is 5.75 Å². The lowest BCUT2D eigenvalue weighted by molar-refractivity contribution is -0.274. The van der Waals surface area contributed by atoms with Crippen molar-refractivity contribution in [2.24, 2.45) is 0 Å². The Morgan fingerprint density at radius 1 is 1.14 bits per heavy atom. The molecule has 6 nitrogen and oxygen atoms in total. The number of nitrogens with zero attached hydrogens (tertiary/aromatic N) is 1. The summed E-state index contributed by atoms with van der Waals surface area (Å²) >= 11 is 0. The number of hydrazine groups is 1. The van der Waals surface area contributed by atoms with Crippen molar-refractivity contribution in [2.75, 3.05) is 26.3 Å². The molecule has 1 aliphatic rings. The molecule has 0 spiro atoms. The normalized spacial score (nSPS) is 17.7. The summed E-state index contributed by atoms with van der Waals surface area (Å²) in [6, 6.07) is 3.98.